The van der Waals surface area contributed by atoms with E-state index in [0.29, 0.717) is 12.8 Å². The zero-order valence-electron chi connectivity index (χ0n) is 10.6. The molecule has 0 saturated heterocycles. The van der Waals surface area contributed by atoms with Crippen LogP contribution in [0.4, 0.5) is 8.78 Å². The first-order chi connectivity index (χ1) is 7.91. The van der Waals surface area contributed by atoms with Gasteiger partial charge in [-0.15, -0.1) is 0 Å². The molecule has 0 aliphatic carbocycles. The maximum atomic E-state index is 13.7. The molecule has 0 amide bonds. The molecule has 0 spiro atoms. The molecule has 17 heavy (non-hydrogen) atoms. The number of carbonyl (C=O) groups excluding carboxylic acids is 2. The Labute approximate surface area is 101 Å². The number of carbonyl (C=O) groups is 2. The zero-order valence-corrected chi connectivity index (χ0v) is 10.6. The average molecular weight is 250 g/mol. The highest BCUT2D eigenvalue weighted by molar-refractivity contribution is 5.89. The van der Waals surface area contributed by atoms with Gasteiger partial charge < -0.3 is 4.74 Å². The van der Waals surface area contributed by atoms with Crippen molar-refractivity contribution >= 4 is 11.8 Å². The smallest absolute Gasteiger partial charge is 0.377 e. The minimum absolute atomic E-state index is 0.00461. The van der Waals surface area contributed by atoms with Gasteiger partial charge in [0, 0.05) is 6.42 Å². The summed E-state index contributed by atoms with van der Waals surface area (Å²) in [5.41, 5.74) is 0. The van der Waals surface area contributed by atoms with Crippen molar-refractivity contribution in [2.45, 2.75) is 51.9 Å². The third kappa shape index (κ3) is 4.40. The van der Waals surface area contributed by atoms with Gasteiger partial charge in [0.25, 0.3) is 0 Å². The average Bonchev–Trinajstić information content (AvgIpc) is 2.31. The molecule has 5 heteroatoms. The van der Waals surface area contributed by atoms with E-state index in [0.717, 1.165) is 13.5 Å². The van der Waals surface area contributed by atoms with Gasteiger partial charge in [-0.05, 0) is 12.8 Å². The zero-order chi connectivity index (χ0) is 13.5. The van der Waals surface area contributed by atoms with Gasteiger partial charge in [0.1, 0.15) is 5.78 Å². The second kappa shape index (κ2) is 7.35. The van der Waals surface area contributed by atoms with Gasteiger partial charge in [-0.25, -0.2) is 4.79 Å². The Morgan fingerprint density at radius 3 is 2.24 bits per heavy atom. The predicted molar refractivity (Wildman–Crippen MR) is 59.9 cm³/mol. The number of methoxy groups -OCH3 is 1. The van der Waals surface area contributed by atoms with Crippen LogP contribution in [-0.4, -0.2) is 24.8 Å². The first-order valence-electron chi connectivity index (χ1n) is 5.90. The van der Waals surface area contributed by atoms with E-state index in [9.17, 15) is 18.4 Å². The molecule has 0 saturated carbocycles. The highest BCUT2D eigenvalue weighted by Crippen LogP contribution is 2.31. The molecular weight excluding hydrogens is 230 g/mol. The molecule has 0 aliphatic heterocycles. The van der Waals surface area contributed by atoms with Crippen molar-refractivity contribution in [3.05, 3.63) is 0 Å². The molecule has 0 radical (unpaired) electrons. The van der Waals surface area contributed by atoms with Crippen LogP contribution in [0.2, 0.25) is 0 Å². The molecule has 0 heterocycles. The van der Waals surface area contributed by atoms with Gasteiger partial charge in [0.05, 0.1) is 13.0 Å². The molecule has 100 valence electrons. The number of halogens is 2. The van der Waals surface area contributed by atoms with E-state index in [4.69, 9.17) is 0 Å². The van der Waals surface area contributed by atoms with Crippen LogP contribution in [-0.2, 0) is 14.3 Å². The Kier molecular flexibility index (Phi) is 6.92. The fraction of sp³-hybridized carbons (Fsp3) is 0.833. The maximum absolute atomic E-state index is 13.7. The number of alkyl halides is 2. The van der Waals surface area contributed by atoms with Crippen LogP contribution in [0, 0.1) is 5.92 Å². The molecule has 0 aliphatic rings. The van der Waals surface area contributed by atoms with Crippen molar-refractivity contribution in [1.29, 1.82) is 0 Å². The molecule has 0 bridgehead atoms. The van der Waals surface area contributed by atoms with Crippen LogP contribution < -0.4 is 0 Å². The van der Waals surface area contributed by atoms with Gasteiger partial charge in [0.2, 0.25) is 0 Å². The number of unbranched alkanes of at least 4 members (excludes halogenated alkanes) is 1. The second-order valence-electron chi connectivity index (χ2n) is 4.03. The second-order valence-corrected chi connectivity index (χ2v) is 4.03. The van der Waals surface area contributed by atoms with Crippen LogP contribution >= 0.6 is 0 Å². The van der Waals surface area contributed by atoms with E-state index in [2.05, 4.69) is 4.74 Å². The molecule has 1 unspecified atom stereocenters. The highest BCUT2D eigenvalue weighted by atomic mass is 19.3. The lowest BCUT2D eigenvalue weighted by molar-refractivity contribution is -0.180. The third-order valence-corrected chi connectivity index (χ3v) is 2.64. The minimum atomic E-state index is -3.71. The van der Waals surface area contributed by atoms with Gasteiger partial charge in [-0.2, -0.15) is 8.78 Å². The van der Waals surface area contributed by atoms with E-state index in [1.54, 1.807) is 6.92 Å². The Morgan fingerprint density at radius 2 is 1.82 bits per heavy atom. The molecule has 3 nitrogen and oxygen atoms in total. The lowest BCUT2D eigenvalue weighted by Crippen LogP contribution is -2.42. The normalized spacial score (nSPS) is 13.2. The Balaban J connectivity index is 4.82. The summed E-state index contributed by atoms with van der Waals surface area (Å²) in [5, 5.41) is 0. The summed E-state index contributed by atoms with van der Waals surface area (Å²) >= 11 is 0. The SMILES string of the molecule is CCCCC(=O)C(CCC)C(F)(F)C(=O)OC. The summed E-state index contributed by atoms with van der Waals surface area (Å²) in [6, 6.07) is 0. The van der Waals surface area contributed by atoms with Crippen molar-refractivity contribution in [3.63, 3.8) is 0 Å². The summed E-state index contributed by atoms with van der Waals surface area (Å²) in [4.78, 5) is 22.7. The summed E-state index contributed by atoms with van der Waals surface area (Å²) in [6.45, 7) is 3.58. The molecule has 0 N–H and O–H groups in total. The fourth-order valence-corrected chi connectivity index (χ4v) is 1.64. The summed E-state index contributed by atoms with van der Waals surface area (Å²) < 4.78 is 31.4. The van der Waals surface area contributed by atoms with Crippen molar-refractivity contribution in [1.82, 2.24) is 0 Å². The van der Waals surface area contributed by atoms with E-state index in [1.807, 2.05) is 6.92 Å². The number of Topliss-reactive ketones (excluding diaryl/α,β-unsaturated/α-hetero) is 1. The number of hydrogen-bond donors (Lipinski definition) is 0. The molecule has 1 atom stereocenters. The van der Waals surface area contributed by atoms with E-state index in [-0.39, 0.29) is 12.8 Å². The Hall–Kier alpha value is -1.00. The molecule has 0 aromatic carbocycles. The summed E-state index contributed by atoms with van der Waals surface area (Å²) in [6.07, 6.45) is 1.85. The molecule has 0 aromatic rings. The third-order valence-electron chi connectivity index (χ3n) is 2.64. The van der Waals surface area contributed by atoms with Crippen LogP contribution in [0.1, 0.15) is 46.0 Å². The van der Waals surface area contributed by atoms with Gasteiger partial charge in [-0.1, -0.05) is 26.7 Å². The Bertz CT molecular complexity index is 264. The molecule has 0 rings (SSSR count). The van der Waals surface area contributed by atoms with Gasteiger partial charge >= 0.3 is 11.9 Å². The van der Waals surface area contributed by atoms with Crippen LogP contribution in [0.25, 0.3) is 0 Å². The molecule has 0 aromatic heterocycles. The van der Waals surface area contributed by atoms with E-state index in [1.165, 1.54) is 0 Å². The van der Waals surface area contributed by atoms with E-state index < -0.39 is 23.6 Å². The minimum Gasteiger partial charge on any atom is -0.465 e. The lowest BCUT2D eigenvalue weighted by atomic mass is 9.89. The van der Waals surface area contributed by atoms with Crippen LogP contribution in [0.15, 0.2) is 0 Å². The van der Waals surface area contributed by atoms with E-state index >= 15 is 0 Å². The number of ether oxygens (including phenoxy) is 1. The molecular formula is C12H20F2O3. The molecule has 0 fully saturated rings. The van der Waals surface area contributed by atoms with Gasteiger partial charge in [0.15, 0.2) is 0 Å². The maximum Gasteiger partial charge on any atom is 0.377 e. The summed E-state index contributed by atoms with van der Waals surface area (Å²) in [7, 11) is 0.899. The standard InChI is InChI=1S/C12H20F2O3/c1-4-6-8-10(15)9(7-5-2)12(13,14)11(16)17-3/h9H,4-8H2,1-3H3. The van der Waals surface area contributed by atoms with Crippen LogP contribution in [0.3, 0.4) is 0 Å². The van der Waals surface area contributed by atoms with Gasteiger partial charge in [-0.3, -0.25) is 4.79 Å². The lowest BCUT2D eigenvalue weighted by Gasteiger charge is -2.23. The Morgan fingerprint density at radius 1 is 1.24 bits per heavy atom. The fourth-order valence-electron chi connectivity index (χ4n) is 1.64. The monoisotopic (exact) mass is 250 g/mol. The number of hydrogen-bond acceptors (Lipinski definition) is 3. The number of ketones is 1. The largest absolute Gasteiger partial charge is 0.465 e. The number of esters is 1. The number of rotatable bonds is 8. The summed E-state index contributed by atoms with van der Waals surface area (Å²) in [5.74, 6) is -7.44. The van der Waals surface area contributed by atoms with Crippen molar-refractivity contribution in [3.8, 4) is 0 Å². The first-order valence-corrected chi connectivity index (χ1v) is 5.90. The topological polar surface area (TPSA) is 43.4 Å². The quantitative estimate of drug-likeness (QED) is 0.622. The van der Waals surface area contributed by atoms with Crippen molar-refractivity contribution in [2.75, 3.05) is 7.11 Å². The van der Waals surface area contributed by atoms with Crippen LogP contribution in [0.5, 0.6) is 0 Å². The predicted octanol–water partition coefficient (Wildman–Crippen LogP) is 2.97. The first kappa shape index (κ1) is 16.0. The van der Waals surface area contributed by atoms with Crippen molar-refractivity contribution < 1.29 is 23.1 Å². The highest BCUT2D eigenvalue weighted by Gasteiger charge is 2.50. The van der Waals surface area contributed by atoms with Crippen molar-refractivity contribution in [2.24, 2.45) is 5.92 Å².